The largest absolute Gasteiger partial charge is 0.352 e. The zero-order valence-electron chi connectivity index (χ0n) is 6.27. The lowest BCUT2D eigenvalue weighted by molar-refractivity contribution is -0.119. The van der Waals surface area contributed by atoms with Crippen LogP contribution in [0.3, 0.4) is 0 Å². The minimum absolute atomic E-state index is 0.0139. The van der Waals surface area contributed by atoms with E-state index >= 15 is 0 Å². The van der Waals surface area contributed by atoms with Crippen LogP contribution in [0.25, 0.3) is 0 Å². The molecule has 0 bridgehead atoms. The van der Waals surface area contributed by atoms with Crippen molar-refractivity contribution in [1.29, 1.82) is 0 Å². The van der Waals surface area contributed by atoms with Gasteiger partial charge in [0.2, 0.25) is 7.41 Å². The average Bonchev–Trinajstić information content (AvgIpc) is 1.87. The van der Waals surface area contributed by atoms with E-state index in [1.807, 2.05) is 20.7 Å². The van der Waals surface area contributed by atoms with Crippen molar-refractivity contribution in [3.63, 3.8) is 0 Å². The van der Waals surface area contributed by atoms with E-state index in [0.717, 1.165) is 0 Å². The molecule has 1 unspecified atom stereocenters. The third kappa shape index (κ3) is 3.30. The van der Waals surface area contributed by atoms with Gasteiger partial charge in [0.1, 0.15) is 5.78 Å². The highest BCUT2D eigenvalue weighted by Crippen LogP contribution is 1.87. The molecule has 0 aromatic carbocycles. The molecule has 0 rings (SSSR count). The molecule has 1 radical (unpaired) electrons. The molecule has 0 aliphatic rings. The maximum atomic E-state index is 10.8. The van der Waals surface area contributed by atoms with Gasteiger partial charge < -0.3 is 5.23 Å². The third-order valence-electron chi connectivity index (χ3n) is 1.25. The lowest BCUT2D eigenvalue weighted by Crippen LogP contribution is -2.34. The van der Waals surface area contributed by atoms with Gasteiger partial charge in [-0.15, -0.1) is 0 Å². The standard InChI is InChI=1S/C6H13BNO/c1-4-6(9)5(2)8-7-3/h5,8H,4H2,1-3H3. The minimum Gasteiger partial charge on any atom is -0.352 e. The van der Waals surface area contributed by atoms with Crippen molar-refractivity contribution in [3.8, 4) is 0 Å². The highest BCUT2D eigenvalue weighted by molar-refractivity contribution is 6.30. The predicted octanol–water partition coefficient (Wildman–Crippen LogP) is 0.611. The van der Waals surface area contributed by atoms with Gasteiger partial charge in [-0.3, -0.25) is 4.79 Å². The number of Topliss-reactive ketones (excluding diaryl/α,β-unsaturated/α-hetero) is 1. The summed E-state index contributed by atoms with van der Waals surface area (Å²) in [6.07, 6.45) is 0.613. The summed E-state index contributed by atoms with van der Waals surface area (Å²) in [6.45, 7) is 5.61. The molecule has 1 N–H and O–H groups in total. The van der Waals surface area contributed by atoms with Crippen LogP contribution in [0.4, 0.5) is 0 Å². The van der Waals surface area contributed by atoms with Gasteiger partial charge in [0, 0.05) is 6.42 Å². The van der Waals surface area contributed by atoms with Crippen LogP contribution in [-0.2, 0) is 4.79 Å². The molecule has 2 nitrogen and oxygen atoms in total. The first-order valence-corrected chi connectivity index (χ1v) is 3.29. The summed E-state index contributed by atoms with van der Waals surface area (Å²) in [6, 6.07) is -0.0139. The highest BCUT2D eigenvalue weighted by Gasteiger charge is 2.06. The van der Waals surface area contributed by atoms with Crippen LogP contribution in [0, 0.1) is 0 Å². The first kappa shape index (κ1) is 8.69. The second-order valence-electron chi connectivity index (χ2n) is 2.00. The first-order chi connectivity index (χ1) is 4.22. The Balaban J connectivity index is 3.45. The van der Waals surface area contributed by atoms with E-state index < -0.39 is 0 Å². The summed E-state index contributed by atoms with van der Waals surface area (Å²) in [4.78, 5) is 10.8. The second kappa shape index (κ2) is 4.56. The van der Waals surface area contributed by atoms with Gasteiger partial charge in [-0.2, -0.15) is 0 Å². The SMILES string of the molecule is C[B]NC(C)C(=O)CC. The zero-order chi connectivity index (χ0) is 7.28. The molecule has 0 heterocycles. The van der Waals surface area contributed by atoms with Crippen LogP contribution < -0.4 is 5.23 Å². The Morgan fingerprint density at radius 2 is 2.33 bits per heavy atom. The number of nitrogens with one attached hydrogen (secondary N) is 1. The van der Waals surface area contributed by atoms with E-state index in [4.69, 9.17) is 0 Å². The van der Waals surface area contributed by atoms with Gasteiger partial charge in [0.15, 0.2) is 0 Å². The normalized spacial score (nSPS) is 12.8. The first-order valence-electron chi connectivity index (χ1n) is 3.29. The molecule has 51 valence electrons. The number of ketones is 1. The van der Waals surface area contributed by atoms with Gasteiger partial charge in [0.05, 0.1) is 6.04 Å². The molecule has 0 spiro atoms. The number of carbonyl (C=O) groups is 1. The Morgan fingerprint density at radius 3 is 2.67 bits per heavy atom. The van der Waals surface area contributed by atoms with Crippen molar-refractivity contribution in [3.05, 3.63) is 0 Å². The molecule has 1 atom stereocenters. The van der Waals surface area contributed by atoms with Gasteiger partial charge in [-0.25, -0.2) is 0 Å². The van der Waals surface area contributed by atoms with Gasteiger partial charge in [0.25, 0.3) is 0 Å². The van der Waals surface area contributed by atoms with Crippen molar-refractivity contribution in [2.24, 2.45) is 0 Å². The maximum absolute atomic E-state index is 10.8. The summed E-state index contributed by atoms with van der Waals surface area (Å²) in [5, 5.41) is 2.92. The van der Waals surface area contributed by atoms with Crippen LogP contribution in [0.1, 0.15) is 20.3 Å². The number of carbonyl (C=O) groups excluding carboxylic acids is 1. The molecule has 0 aliphatic carbocycles. The molecule has 9 heavy (non-hydrogen) atoms. The molecular formula is C6H13BNO. The fourth-order valence-corrected chi connectivity index (χ4v) is 0.649. The van der Waals surface area contributed by atoms with Crippen molar-refractivity contribution in [1.82, 2.24) is 5.23 Å². The lowest BCUT2D eigenvalue weighted by Gasteiger charge is -2.07. The number of hydrogen-bond donors (Lipinski definition) is 1. The second-order valence-corrected chi connectivity index (χ2v) is 2.00. The van der Waals surface area contributed by atoms with Crippen LogP contribution in [-0.4, -0.2) is 19.2 Å². The lowest BCUT2D eigenvalue weighted by atomic mass is 9.97. The number of rotatable bonds is 4. The summed E-state index contributed by atoms with van der Waals surface area (Å²) in [5.41, 5.74) is 0. The zero-order valence-corrected chi connectivity index (χ0v) is 6.27. The molecule has 0 aliphatic heterocycles. The Morgan fingerprint density at radius 1 is 1.78 bits per heavy atom. The molecule has 0 amide bonds. The van der Waals surface area contributed by atoms with Gasteiger partial charge in [-0.05, 0) is 6.92 Å². The van der Waals surface area contributed by atoms with E-state index in [-0.39, 0.29) is 11.8 Å². The Hall–Kier alpha value is -0.305. The predicted molar refractivity (Wildman–Crippen MR) is 39.5 cm³/mol. The van der Waals surface area contributed by atoms with Crippen LogP contribution in [0.2, 0.25) is 6.82 Å². The van der Waals surface area contributed by atoms with Crippen molar-refractivity contribution in [2.75, 3.05) is 0 Å². The van der Waals surface area contributed by atoms with Crippen LogP contribution >= 0.6 is 0 Å². The summed E-state index contributed by atoms with van der Waals surface area (Å²) in [5.74, 6) is 0.258. The van der Waals surface area contributed by atoms with E-state index in [1.165, 1.54) is 0 Å². The molecule has 3 heteroatoms. The summed E-state index contributed by atoms with van der Waals surface area (Å²) in [7, 11) is 1.79. The molecule has 0 aromatic rings. The number of hydrogen-bond acceptors (Lipinski definition) is 2. The smallest absolute Gasteiger partial charge is 0.202 e. The minimum atomic E-state index is -0.0139. The Labute approximate surface area is 57.3 Å². The molecule has 0 saturated carbocycles. The van der Waals surface area contributed by atoms with Crippen molar-refractivity contribution < 1.29 is 4.79 Å². The molecule has 0 saturated heterocycles. The topological polar surface area (TPSA) is 29.1 Å². The third-order valence-corrected chi connectivity index (χ3v) is 1.25. The van der Waals surface area contributed by atoms with E-state index in [1.54, 1.807) is 7.41 Å². The van der Waals surface area contributed by atoms with Crippen LogP contribution in [0.15, 0.2) is 0 Å². The average molecular weight is 126 g/mol. The fraction of sp³-hybridized carbons (Fsp3) is 0.833. The maximum Gasteiger partial charge on any atom is 0.202 e. The van der Waals surface area contributed by atoms with E-state index in [2.05, 4.69) is 5.23 Å². The van der Waals surface area contributed by atoms with Crippen LogP contribution in [0.5, 0.6) is 0 Å². The fourth-order valence-electron chi connectivity index (χ4n) is 0.649. The Bertz CT molecular complexity index is 95.1. The molecular weight excluding hydrogens is 113 g/mol. The van der Waals surface area contributed by atoms with E-state index in [9.17, 15) is 4.79 Å². The summed E-state index contributed by atoms with van der Waals surface area (Å²) >= 11 is 0. The summed E-state index contributed by atoms with van der Waals surface area (Å²) < 4.78 is 0. The van der Waals surface area contributed by atoms with Gasteiger partial charge >= 0.3 is 0 Å². The van der Waals surface area contributed by atoms with Crippen molar-refractivity contribution in [2.45, 2.75) is 33.1 Å². The quantitative estimate of drug-likeness (QED) is 0.559. The van der Waals surface area contributed by atoms with Gasteiger partial charge in [-0.1, -0.05) is 13.7 Å². The molecule has 0 fully saturated rings. The highest BCUT2D eigenvalue weighted by atomic mass is 16.1. The monoisotopic (exact) mass is 126 g/mol. The van der Waals surface area contributed by atoms with Crippen molar-refractivity contribution >= 4 is 13.2 Å². The Kier molecular flexibility index (Phi) is 4.41. The van der Waals surface area contributed by atoms with E-state index in [0.29, 0.717) is 6.42 Å². The molecule has 0 aromatic heterocycles.